The number of ether oxygens (including phenoxy) is 1. The number of hydrogen-bond acceptors (Lipinski definition) is 3. The van der Waals surface area contributed by atoms with Crippen molar-refractivity contribution in [3.63, 3.8) is 0 Å². The van der Waals surface area contributed by atoms with E-state index in [-0.39, 0.29) is 23.8 Å². The Bertz CT molecular complexity index is 809. The van der Waals surface area contributed by atoms with Crippen LogP contribution < -0.4 is 10.6 Å². The number of nitrogens with one attached hydrogen (secondary N) is 2. The molecule has 1 heterocycles. The number of halogens is 3. The molecule has 0 unspecified atom stereocenters. The first kappa shape index (κ1) is 21.1. The van der Waals surface area contributed by atoms with Gasteiger partial charge < -0.3 is 10.1 Å². The van der Waals surface area contributed by atoms with E-state index in [9.17, 15) is 9.18 Å². The van der Waals surface area contributed by atoms with Crippen LogP contribution >= 0.6 is 23.2 Å². The molecule has 0 aliphatic carbocycles. The highest BCUT2D eigenvalue weighted by molar-refractivity contribution is 6.42. The molecule has 1 fully saturated rings. The maximum Gasteiger partial charge on any atom is 0.233 e. The van der Waals surface area contributed by atoms with Crippen LogP contribution in [0.25, 0.3) is 0 Å². The van der Waals surface area contributed by atoms with Crippen LogP contribution in [-0.2, 0) is 21.5 Å². The van der Waals surface area contributed by atoms with Gasteiger partial charge in [0.1, 0.15) is 5.82 Å². The van der Waals surface area contributed by atoms with Crippen LogP contribution in [0.1, 0.15) is 24.0 Å². The molecule has 4 nitrogen and oxygen atoms in total. The third-order valence-electron chi connectivity index (χ3n) is 5.08. The zero-order chi connectivity index (χ0) is 20.0. The quantitative estimate of drug-likeness (QED) is 0.703. The largest absolute Gasteiger partial charge is 0.381 e. The Morgan fingerprint density at radius 1 is 1.11 bits per heavy atom. The molecule has 150 valence electrons. The topological polar surface area (TPSA) is 50.4 Å². The lowest BCUT2D eigenvalue weighted by Gasteiger charge is -2.38. The average Bonchev–Trinajstić information content (AvgIpc) is 2.71. The summed E-state index contributed by atoms with van der Waals surface area (Å²) in [6.07, 6.45) is 2.05. The average molecular weight is 425 g/mol. The van der Waals surface area contributed by atoms with Gasteiger partial charge in [0.25, 0.3) is 0 Å². The van der Waals surface area contributed by atoms with E-state index in [1.165, 1.54) is 12.1 Å². The molecule has 1 saturated heterocycles. The first-order valence-corrected chi connectivity index (χ1v) is 10.0. The van der Waals surface area contributed by atoms with Gasteiger partial charge in [0.2, 0.25) is 5.91 Å². The molecule has 0 aromatic heterocycles. The van der Waals surface area contributed by atoms with E-state index in [0.29, 0.717) is 36.2 Å². The maximum absolute atomic E-state index is 13.3. The lowest BCUT2D eigenvalue weighted by molar-refractivity contribution is -0.120. The van der Waals surface area contributed by atoms with Crippen LogP contribution in [0.3, 0.4) is 0 Å². The summed E-state index contributed by atoms with van der Waals surface area (Å²) in [7, 11) is 0. The molecular weight excluding hydrogens is 402 g/mol. The zero-order valence-corrected chi connectivity index (χ0v) is 17.0. The van der Waals surface area contributed by atoms with Crippen molar-refractivity contribution in [2.45, 2.75) is 24.8 Å². The minimum Gasteiger partial charge on any atom is -0.381 e. The summed E-state index contributed by atoms with van der Waals surface area (Å²) in [6.45, 7) is 1.83. The van der Waals surface area contributed by atoms with Gasteiger partial charge in [-0.25, -0.2) is 4.39 Å². The Kier molecular flexibility index (Phi) is 7.30. The molecule has 1 amide bonds. The highest BCUT2D eigenvalue weighted by Gasteiger charge is 2.34. The summed E-state index contributed by atoms with van der Waals surface area (Å²) in [5, 5.41) is 7.31. The fourth-order valence-electron chi connectivity index (χ4n) is 3.45. The van der Waals surface area contributed by atoms with Gasteiger partial charge in [-0.2, -0.15) is 0 Å². The number of rotatable bonds is 7. The van der Waals surface area contributed by atoms with Gasteiger partial charge in [-0.1, -0.05) is 47.5 Å². The van der Waals surface area contributed by atoms with E-state index >= 15 is 0 Å². The second-order valence-corrected chi connectivity index (χ2v) is 7.65. The SMILES string of the molecule is O=C(CNC1(c2ccc(F)cc2)CCOCC1)NCCc1cccc(Cl)c1Cl. The molecule has 0 radical (unpaired) electrons. The predicted molar refractivity (Wildman–Crippen MR) is 109 cm³/mol. The Hall–Kier alpha value is -1.66. The third-order valence-corrected chi connectivity index (χ3v) is 5.94. The van der Waals surface area contributed by atoms with Gasteiger partial charge in [-0.3, -0.25) is 10.1 Å². The Morgan fingerprint density at radius 3 is 2.54 bits per heavy atom. The van der Waals surface area contributed by atoms with Crippen LogP contribution in [0.2, 0.25) is 10.0 Å². The monoisotopic (exact) mass is 424 g/mol. The van der Waals surface area contributed by atoms with Gasteiger partial charge in [0, 0.05) is 25.3 Å². The van der Waals surface area contributed by atoms with Gasteiger partial charge in [-0.05, 0) is 48.6 Å². The molecule has 0 bridgehead atoms. The summed E-state index contributed by atoms with van der Waals surface area (Å²) in [5.41, 5.74) is 1.48. The second-order valence-electron chi connectivity index (χ2n) is 6.87. The molecule has 28 heavy (non-hydrogen) atoms. The summed E-state index contributed by atoms with van der Waals surface area (Å²) in [4.78, 5) is 12.3. The highest BCUT2D eigenvalue weighted by Crippen LogP contribution is 2.32. The molecule has 1 aliphatic heterocycles. The predicted octanol–water partition coefficient (Wildman–Crippen LogP) is 4.09. The molecule has 2 N–H and O–H groups in total. The summed E-state index contributed by atoms with van der Waals surface area (Å²) in [5.74, 6) is -0.380. The van der Waals surface area contributed by atoms with Crippen molar-refractivity contribution in [3.05, 3.63) is 69.5 Å². The highest BCUT2D eigenvalue weighted by atomic mass is 35.5. The number of carbonyl (C=O) groups is 1. The smallest absolute Gasteiger partial charge is 0.233 e. The summed E-state index contributed by atoms with van der Waals surface area (Å²) >= 11 is 12.2. The summed E-state index contributed by atoms with van der Waals surface area (Å²) in [6, 6.07) is 11.9. The van der Waals surface area contributed by atoms with Crippen molar-refractivity contribution < 1.29 is 13.9 Å². The van der Waals surface area contributed by atoms with Crippen LogP contribution in [-0.4, -0.2) is 32.2 Å². The zero-order valence-electron chi connectivity index (χ0n) is 15.4. The Labute approximate surface area is 174 Å². The van der Waals surface area contributed by atoms with E-state index in [0.717, 1.165) is 24.0 Å². The number of amides is 1. The molecule has 2 aromatic rings. The van der Waals surface area contributed by atoms with Crippen LogP contribution in [0.4, 0.5) is 4.39 Å². The van der Waals surface area contributed by atoms with Gasteiger partial charge >= 0.3 is 0 Å². The Morgan fingerprint density at radius 2 is 1.82 bits per heavy atom. The fraction of sp³-hybridized carbons (Fsp3) is 0.381. The number of benzene rings is 2. The minimum absolute atomic E-state index is 0.105. The molecule has 2 aromatic carbocycles. The van der Waals surface area contributed by atoms with Crippen molar-refractivity contribution >= 4 is 29.1 Å². The second kappa shape index (κ2) is 9.70. The molecule has 0 saturated carbocycles. The van der Waals surface area contributed by atoms with E-state index in [1.807, 2.05) is 12.1 Å². The third kappa shape index (κ3) is 5.23. The molecular formula is C21H23Cl2FN2O2. The molecule has 1 aliphatic rings. The minimum atomic E-state index is -0.389. The lowest BCUT2D eigenvalue weighted by Crippen LogP contribution is -2.50. The van der Waals surface area contributed by atoms with E-state index in [1.54, 1.807) is 18.2 Å². The number of hydrogen-bond donors (Lipinski definition) is 2. The first-order chi connectivity index (χ1) is 13.5. The molecule has 7 heteroatoms. The van der Waals surface area contributed by atoms with E-state index < -0.39 is 0 Å². The fourth-order valence-corrected chi connectivity index (χ4v) is 3.86. The summed E-state index contributed by atoms with van der Waals surface area (Å²) < 4.78 is 18.8. The maximum atomic E-state index is 13.3. The van der Waals surface area contributed by atoms with Crippen molar-refractivity contribution in [1.29, 1.82) is 0 Å². The molecule has 0 atom stereocenters. The normalized spacial score (nSPS) is 16.0. The van der Waals surface area contributed by atoms with E-state index in [2.05, 4.69) is 10.6 Å². The van der Waals surface area contributed by atoms with Crippen LogP contribution in [0, 0.1) is 5.82 Å². The molecule has 3 rings (SSSR count). The van der Waals surface area contributed by atoms with E-state index in [4.69, 9.17) is 27.9 Å². The lowest BCUT2D eigenvalue weighted by atomic mass is 9.82. The van der Waals surface area contributed by atoms with Crippen molar-refractivity contribution in [1.82, 2.24) is 10.6 Å². The van der Waals surface area contributed by atoms with Crippen LogP contribution in [0.5, 0.6) is 0 Å². The standard InChI is InChI=1S/C21H23Cl2FN2O2/c22-18-3-1-2-15(20(18)23)8-11-25-19(27)14-26-21(9-12-28-13-10-21)16-4-6-17(24)7-5-16/h1-7,26H,8-14H2,(H,25,27). The van der Waals surface area contributed by atoms with Crippen molar-refractivity contribution in [3.8, 4) is 0 Å². The van der Waals surface area contributed by atoms with Crippen LogP contribution in [0.15, 0.2) is 42.5 Å². The number of carbonyl (C=O) groups excluding carboxylic acids is 1. The Balaban J connectivity index is 1.55. The first-order valence-electron chi connectivity index (χ1n) is 9.29. The van der Waals surface area contributed by atoms with Crippen molar-refractivity contribution in [2.75, 3.05) is 26.3 Å². The molecule has 0 spiro atoms. The van der Waals surface area contributed by atoms with Gasteiger partial charge in [0.05, 0.1) is 16.6 Å². The van der Waals surface area contributed by atoms with Gasteiger partial charge in [-0.15, -0.1) is 0 Å². The van der Waals surface area contributed by atoms with Crippen molar-refractivity contribution in [2.24, 2.45) is 0 Å². The van der Waals surface area contributed by atoms with Gasteiger partial charge in [0.15, 0.2) is 0 Å².